The molecular weight excluding hydrogens is 204 g/mol. The summed E-state index contributed by atoms with van der Waals surface area (Å²) >= 11 is 7.43. The van der Waals surface area contributed by atoms with E-state index in [1.165, 1.54) is 11.3 Å². The molecule has 1 aromatic heterocycles. The quantitative estimate of drug-likeness (QED) is 0.723. The highest BCUT2D eigenvalue weighted by Gasteiger charge is 2.02. The van der Waals surface area contributed by atoms with Crippen LogP contribution in [0.3, 0.4) is 0 Å². The van der Waals surface area contributed by atoms with Crippen molar-refractivity contribution in [3.63, 3.8) is 0 Å². The van der Waals surface area contributed by atoms with Gasteiger partial charge < -0.3 is 0 Å². The summed E-state index contributed by atoms with van der Waals surface area (Å²) < 4.78 is 0. The van der Waals surface area contributed by atoms with E-state index in [9.17, 15) is 0 Å². The van der Waals surface area contributed by atoms with Gasteiger partial charge in [-0.05, 0) is 24.6 Å². The van der Waals surface area contributed by atoms with Crippen molar-refractivity contribution in [3.8, 4) is 10.6 Å². The van der Waals surface area contributed by atoms with E-state index >= 15 is 0 Å². The van der Waals surface area contributed by atoms with Crippen LogP contribution < -0.4 is 0 Å². The number of aromatic nitrogens is 2. The molecule has 0 aliphatic carbocycles. The van der Waals surface area contributed by atoms with Gasteiger partial charge in [0.15, 0.2) is 0 Å². The van der Waals surface area contributed by atoms with Crippen LogP contribution in [0.2, 0.25) is 5.02 Å². The fourth-order valence-electron chi connectivity index (χ4n) is 1.08. The van der Waals surface area contributed by atoms with E-state index in [1.54, 1.807) is 5.51 Å². The highest BCUT2D eigenvalue weighted by Crippen LogP contribution is 2.25. The van der Waals surface area contributed by atoms with Gasteiger partial charge in [0.2, 0.25) is 0 Å². The molecule has 0 unspecified atom stereocenters. The highest BCUT2D eigenvalue weighted by atomic mass is 35.5. The minimum absolute atomic E-state index is 0.785. The van der Waals surface area contributed by atoms with Gasteiger partial charge in [-0.25, -0.2) is 0 Å². The molecule has 0 atom stereocenters. The molecule has 2 rings (SSSR count). The SMILES string of the molecule is Cc1cc(-c2nncs2)ccc1Cl. The monoisotopic (exact) mass is 210 g/mol. The zero-order valence-electron chi connectivity index (χ0n) is 6.99. The molecule has 0 aliphatic heterocycles. The van der Waals surface area contributed by atoms with Crippen molar-refractivity contribution in [2.24, 2.45) is 0 Å². The van der Waals surface area contributed by atoms with E-state index in [4.69, 9.17) is 11.6 Å². The number of benzene rings is 1. The average molecular weight is 211 g/mol. The fourth-order valence-corrected chi connectivity index (χ4v) is 1.75. The summed E-state index contributed by atoms with van der Waals surface area (Å²) in [4.78, 5) is 0. The van der Waals surface area contributed by atoms with Gasteiger partial charge in [0.05, 0.1) is 0 Å². The first kappa shape index (κ1) is 8.66. The van der Waals surface area contributed by atoms with E-state index in [0.29, 0.717) is 0 Å². The Hall–Kier alpha value is -0.930. The predicted molar refractivity (Wildman–Crippen MR) is 55.1 cm³/mol. The number of aryl methyl sites for hydroxylation is 1. The van der Waals surface area contributed by atoms with Crippen LogP contribution >= 0.6 is 22.9 Å². The van der Waals surface area contributed by atoms with Crippen LogP contribution in [-0.4, -0.2) is 10.2 Å². The molecular formula is C9H7ClN2S. The zero-order chi connectivity index (χ0) is 9.26. The van der Waals surface area contributed by atoms with Crippen LogP contribution in [0.1, 0.15) is 5.56 Å². The van der Waals surface area contributed by atoms with Crippen LogP contribution in [0.5, 0.6) is 0 Å². The number of halogens is 1. The second-order valence-electron chi connectivity index (χ2n) is 2.71. The molecule has 1 aromatic carbocycles. The van der Waals surface area contributed by atoms with Crippen molar-refractivity contribution >= 4 is 22.9 Å². The first-order chi connectivity index (χ1) is 6.27. The topological polar surface area (TPSA) is 25.8 Å². The Labute approximate surface area is 85.2 Å². The molecule has 0 aliphatic rings. The minimum atomic E-state index is 0.785. The smallest absolute Gasteiger partial charge is 0.147 e. The Morgan fingerprint density at radius 2 is 2.23 bits per heavy atom. The Bertz CT molecular complexity index is 412. The lowest BCUT2D eigenvalue weighted by Gasteiger charge is -1.99. The van der Waals surface area contributed by atoms with Gasteiger partial charge in [-0.1, -0.05) is 29.0 Å². The summed E-state index contributed by atoms with van der Waals surface area (Å²) in [6, 6.07) is 5.85. The van der Waals surface area contributed by atoms with Crippen molar-refractivity contribution in [1.29, 1.82) is 0 Å². The van der Waals surface area contributed by atoms with E-state index < -0.39 is 0 Å². The lowest BCUT2D eigenvalue weighted by Crippen LogP contribution is -1.79. The molecule has 0 fully saturated rings. The maximum atomic E-state index is 5.91. The molecule has 13 heavy (non-hydrogen) atoms. The number of nitrogens with zero attached hydrogens (tertiary/aromatic N) is 2. The van der Waals surface area contributed by atoms with Gasteiger partial charge in [0.25, 0.3) is 0 Å². The van der Waals surface area contributed by atoms with E-state index in [-0.39, 0.29) is 0 Å². The van der Waals surface area contributed by atoms with Crippen LogP contribution in [0.4, 0.5) is 0 Å². The van der Waals surface area contributed by atoms with Crippen molar-refractivity contribution in [1.82, 2.24) is 10.2 Å². The fraction of sp³-hybridized carbons (Fsp3) is 0.111. The third-order valence-electron chi connectivity index (χ3n) is 1.76. The molecule has 0 spiro atoms. The maximum Gasteiger partial charge on any atom is 0.147 e. The molecule has 0 radical (unpaired) electrons. The Morgan fingerprint density at radius 3 is 2.85 bits per heavy atom. The molecule has 0 saturated carbocycles. The first-order valence-corrected chi connectivity index (χ1v) is 5.06. The predicted octanol–water partition coefficient (Wildman–Crippen LogP) is 3.17. The van der Waals surface area contributed by atoms with Gasteiger partial charge in [0.1, 0.15) is 10.5 Å². The van der Waals surface area contributed by atoms with Gasteiger partial charge >= 0.3 is 0 Å². The Balaban J connectivity index is 2.49. The maximum absolute atomic E-state index is 5.91. The summed E-state index contributed by atoms with van der Waals surface area (Å²) in [6.07, 6.45) is 0. The highest BCUT2D eigenvalue weighted by molar-refractivity contribution is 7.12. The van der Waals surface area contributed by atoms with Crippen molar-refractivity contribution in [3.05, 3.63) is 34.3 Å². The first-order valence-electron chi connectivity index (χ1n) is 3.80. The van der Waals surface area contributed by atoms with Crippen LogP contribution in [-0.2, 0) is 0 Å². The lowest BCUT2D eigenvalue weighted by atomic mass is 10.1. The summed E-state index contributed by atoms with van der Waals surface area (Å²) in [5.74, 6) is 0. The minimum Gasteiger partial charge on any atom is -0.147 e. The van der Waals surface area contributed by atoms with Gasteiger partial charge in [-0.2, -0.15) is 0 Å². The van der Waals surface area contributed by atoms with Crippen molar-refractivity contribution < 1.29 is 0 Å². The second kappa shape index (κ2) is 3.44. The van der Waals surface area contributed by atoms with Gasteiger partial charge in [-0.15, -0.1) is 10.2 Å². The number of hydrogen-bond acceptors (Lipinski definition) is 3. The number of hydrogen-bond donors (Lipinski definition) is 0. The van der Waals surface area contributed by atoms with Gasteiger partial charge in [-0.3, -0.25) is 0 Å². The molecule has 0 amide bonds. The lowest BCUT2D eigenvalue weighted by molar-refractivity contribution is 1.09. The summed E-state index contributed by atoms with van der Waals surface area (Å²) in [6.45, 7) is 1.98. The van der Waals surface area contributed by atoms with E-state index in [0.717, 1.165) is 21.2 Å². The average Bonchev–Trinajstić information content (AvgIpc) is 2.62. The van der Waals surface area contributed by atoms with Crippen molar-refractivity contribution in [2.45, 2.75) is 6.92 Å². The largest absolute Gasteiger partial charge is 0.147 e. The summed E-state index contributed by atoms with van der Waals surface area (Å²) in [7, 11) is 0. The standard InChI is InChI=1S/C9H7ClN2S/c1-6-4-7(2-3-8(6)10)9-12-11-5-13-9/h2-5H,1H3. The second-order valence-corrected chi connectivity index (χ2v) is 3.95. The van der Waals surface area contributed by atoms with E-state index in [2.05, 4.69) is 10.2 Å². The molecule has 1 heterocycles. The molecule has 0 saturated heterocycles. The number of rotatable bonds is 1. The molecule has 2 nitrogen and oxygen atoms in total. The molecule has 0 bridgehead atoms. The zero-order valence-corrected chi connectivity index (χ0v) is 8.56. The van der Waals surface area contributed by atoms with Crippen molar-refractivity contribution in [2.75, 3.05) is 0 Å². The van der Waals surface area contributed by atoms with Crippen LogP contribution in [0.25, 0.3) is 10.6 Å². The van der Waals surface area contributed by atoms with E-state index in [1.807, 2.05) is 25.1 Å². The third kappa shape index (κ3) is 1.71. The molecule has 0 N–H and O–H groups in total. The van der Waals surface area contributed by atoms with Crippen LogP contribution in [0.15, 0.2) is 23.7 Å². The normalized spacial score (nSPS) is 10.3. The summed E-state index contributed by atoms with van der Waals surface area (Å²) in [5, 5.41) is 9.48. The molecule has 2 aromatic rings. The molecule has 66 valence electrons. The molecule has 4 heteroatoms. The van der Waals surface area contributed by atoms with Gasteiger partial charge in [0, 0.05) is 10.6 Å². The van der Waals surface area contributed by atoms with Crippen LogP contribution in [0, 0.1) is 6.92 Å². The Kier molecular flexibility index (Phi) is 2.29. The third-order valence-corrected chi connectivity index (χ3v) is 2.93. The Morgan fingerprint density at radius 1 is 1.38 bits per heavy atom. The summed E-state index contributed by atoms with van der Waals surface area (Å²) in [5.41, 5.74) is 3.86.